The van der Waals surface area contributed by atoms with Crippen LogP contribution in [-0.2, 0) is 11.3 Å². The van der Waals surface area contributed by atoms with Gasteiger partial charge in [-0.3, -0.25) is 14.4 Å². The fraction of sp³-hybridized carbons (Fsp3) is 0.235. The molecule has 0 atom stereocenters. The van der Waals surface area contributed by atoms with Gasteiger partial charge < -0.3 is 20.0 Å². The Morgan fingerprint density at radius 2 is 2.04 bits per heavy atom. The van der Waals surface area contributed by atoms with E-state index in [0.717, 1.165) is 0 Å². The Morgan fingerprint density at radius 1 is 1.20 bits per heavy atom. The number of hydrogen-bond acceptors (Lipinski definition) is 5. The number of para-hydroxylation sites is 1. The lowest BCUT2D eigenvalue weighted by Gasteiger charge is -2.15. The van der Waals surface area contributed by atoms with Crippen molar-refractivity contribution < 1.29 is 18.8 Å². The van der Waals surface area contributed by atoms with Crippen LogP contribution >= 0.6 is 11.8 Å². The number of amides is 3. The van der Waals surface area contributed by atoms with Crippen molar-refractivity contribution >= 4 is 34.5 Å². The van der Waals surface area contributed by atoms with Gasteiger partial charge in [-0.2, -0.15) is 0 Å². The van der Waals surface area contributed by atoms with E-state index in [1.54, 1.807) is 36.4 Å². The van der Waals surface area contributed by atoms with Crippen molar-refractivity contribution in [2.24, 2.45) is 0 Å². The Bertz CT molecular complexity index is 776. The third-order valence-electron chi connectivity index (χ3n) is 3.63. The summed E-state index contributed by atoms with van der Waals surface area (Å²) < 4.78 is 5.18. The maximum Gasteiger partial charge on any atom is 0.282 e. The average molecular weight is 359 g/mol. The molecule has 1 aromatic carbocycles. The van der Waals surface area contributed by atoms with Gasteiger partial charge in [-0.15, -0.1) is 0 Å². The van der Waals surface area contributed by atoms with Crippen molar-refractivity contribution in [3.63, 3.8) is 0 Å². The average Bonchev–Trinajstić information content (AvgIpc) is 3.25. The zero-order chi connectivity index (χ0) is 17.6. The van der Waals surface area contributed by atoms with Crippen LogP contribution in [0, 0.1) is 0 Å². The van der Waals surface area contributed by atoms with E-state index in [0.29, 0.717) is 29.3 Å². The lowest BCUT2D eigenvalue weighted by Crippen LogP contribution is -2.33. The quantitative estimate of drug-likeness (QED) is 0.826. The number of thioether (sulfide) groups is 1. The smallest absolute Gasteiger partial charge is 0.282 e. The maximum absolute atomic E-state index is 12.4. The van der Waals surface area contributed by atoms with Gasteiger partial charge in [0, 0.05) is 12.3 Å². The van der Waals surface area contributed by atoms with Gasteiger partial charge in [0.1, 0.15) is 12.3 Å². The number of rotatable bonds is 6. The summed E-state index contributed by atoms with van der Waals surface area (Å²) >= 11 is 1.20. The first kappa shape index (κ1) is 17.1. The predicted molar refractivity (Wildman–Crippen MR) is 94.4 cm³/mol. The fourth-order valence-electron chi connectivity index (χ4n) is 2.40. The van der Waals surface area contributed by atoms with Gasteiger partial charge in [0.05, 0.1) is 24.1 Å². The molecule has 25 heavy (non-hydrogen) atoms. The molecule has 1 aliphatic rings. The predicted octanol–water partition coefficient (Wildman–Crippen LogP) is 2.32. The molecule has 1 aliphatic heterocycles. The first-order chi connectivity index (χ1) is 12.1. The summed E-state index contributed by atoms with van der Waals surface area (Å²) in [7, 11) is 0. The molecule has 0 spiro atoms. The molecule has 0 radical (unpaired) electrons. The molecule has 0 saturated carbocycles. The number of nitrogens with one attached hydrogen (secondary N) is 2. The zero-order valence-electron chi connectivity index (χ0n) is 13.4. The van der Waals surface area contributed by atoms with Crippen molar-refractivity contribution in [3.05, 3.63) is 54.0 Å². The molecule has 0 aliphatic carbocycles. The number of carbonyl (C=O) groups is 3. The maximum atomic E-state index is 12.4. The van der Waals surface area contributed by atoms with Crippen LogP contribution in [0.3, 0.4) is 0 Å². The van der Waals surface area contributed by atoms with Gasteiger partial charge in [-0.05, 0) is 24.3 Å². The van der Waals surface area contributed by atoms with Gasteiger partial charge in [-0.25, -0.2) is 0 Å². The number of anilines is 1. The molecule has 2 aromatic rings. The van der Waals surface area contributed by atoms with E-state index in [9.17, 15) is 14.4 Å². The molecule has 0 unspecified atom stereocenters. The Hall–Kier alpha value is -2.74. The number of nitrogens with zero attached hydrogens (tertiary/aromatic N) is 1. The van der Waals surface area contributed by atoms with Crippen LogP contribution in [0.25, 0.3) is 0 Å². The number of furan rings is 1. The lowest BCUT2D eigenvalue weighted by molar-refractivity contribution is -0.116. The van der Waals surface area contributed by atoms with Crippen molar-refractivity contribution in [3.8, 4) is 0 Å². The van der Waals surface area contributed by atoms with E-state index < -0.39 is 0 Å². The first-order valence-corrected chi connectivity index (χ1v) is 8.73. The van der Waals surface area contributed by atoms with E-state index in [1.165, 1.54) is 22.9 Å². The standard InChI is InChI=1S/C17H17N3O4S/c21-15(11-20-7-9-25-17(20)23)19-14-6-2-1-5-13(14)16(22)18-10-12-4-3-8-24-12/h1-6,8H,7,9-11H2,(H,18,22)(H,19,21). The van der Waals surface area contributed by atoms with Gasteiger partial charge in [-0.1, -0.05) is 23.9 Å². The molecule has 0 bridgehead atoms. The third kappa shape index (κ3) is 4.42. The van der Waals surface area contributed by atoms with Gasteiger partial charge in [0.2, 0.25) is 5.91 Å². The summed E-state index contributed by atoms with van der Waals surface area (Å²) in [5, 5.41) is 5.35. The van der Waals surface area contributed by atoms with Crippen LogP contribution in [0.5, 0.6) is 0 Å². The Balaban J connectivity index is 1.62. The molecule has 3 amide bonds. The van der Waals surface area contributed by atoms with Crippen LogP contribution in [0.1, 0.15) is 16.1 Å². The van der Waals surface area contributed by atoms with Crippen LogP contribution < -0.4 is 10.6 Å². The fourth-order valence-corrected chi connectivity index (χ4v) is 3.22. The number of hydrogen-bond donors (Lipinski definition) is 2. The van der Waals surface area contributed by atoms with E-state index in [1.807, 2.05) is 0 Å². The van der Waals surface area contributed by atoms with E-state index in [2.05, 4.69) is 10.6 Å². The topological polar surface area (TPSA) is 91.7 Å². The molecule has 8 heteroatoms. The third-order valence-corrected chi connectivity index (χ3v) is 4.52. The molecule has 3 rings (SSSR count). The Morgan fingerprint density at radius 3 is 2.76 bits per heavy atom. The second-order valence-electron chi connectivity index (χ2n) is 5.39. The van der Waals surface area contributed by atoms with Crippen LogP contribution in [-0.4, -0.2) is 40.8 Å². The van der Waals surface area contributed by atoms with Crippen LogP contribution in [0.2, 0.25) is 0 Å². The lowest BCUT2D eigenvalue weighted by atomic mass is 10.1. The largest absolute Gasteiger partial charge is 0.467 e. The molecule has 130 valence electrons. The second kappa shape index (κ2) is 7.89. The molecular formula is C17H17N3O4S. The molecule has 2 heterocycles. The van der Waals surface area contributed by atoms with E-state index >= 15 is 0 Å². The highest BCUT2D eigenvalue weighted by Crippen LogP contribution is 2.18. The molecule has 1 saturated heterocycles. The molecule has 2 N–H and O–H groups in total. The first-order valence-electron chi connectivity index (χ1n) is 7.74. The normalized spacial score (nSPS) is 13.8. The SMILES string of the molecule is O=C(CN1CCSC1=O)Nc1ccccc1C(=O)NCc1ccco1. The Labute approximate surface area is 148 Å². The summed E-state index contributed by atoms with van der Waals surface area (Å²) in [6.07, 6.45) is 1.54. The minimum absolute atomic E-state index is 0.0197. The molecule has 7 nitrogen and oxygen atoms in total. The highest BCUT2D eigenvalue weighted by Gasteiger charge is 2.23. The van der Waals surface area contributed by atoms with Gasteiger partial charge in [0.25, 0.3) is 11.1 Å². The van der Waals surface area contributed by atoms with Crippen LogP contribution in [0.4, 0.5) is 10.5 Å². The minimum Gasteiger partial charge on any atom is -0.467 e. The molecule has 1 fully saturated rings. The number of carbonyl (C=O) groups excluding carboxylic acids is 3. The summed E-state index contributed by atoms with van der Waals surface area (Å²) in [5.74, 6) is 0.680. The highest BCUT2D eigenvalue weighted by atomic mass is 32.2. The van der Waals surface area contributed by atoms with Crippen molar-refractivity contribution in [2.45, 2.75) is 6.54 Å². The molecular weight excluding hydrogens is 342 g/mol. The monoisotopic (exact) mass is 359 g/mol. The minimum atomic E-state index is -0.331. The Kier molecular flexibility index (Phi) is 5.39. The van der Waals surface area contributed by atoms with E-state index in [4.69, 9.17) is 4.42 Å². The second-order valence-corrected chi connectivity index (χ2v) is 6.44. The van der Waals surface area contributed by atoms with Crippen molar-refractivity contribution in [1.82, 2.24) is 10.2 Å². The van der Waals surface area contributed by atoms with Crippen molar-refractivity contribution in [2.75, 3.05) is 24.2 Å². The zero-order valence-corrected chi connectivity index (χ0v) is 14.2. The van der Waals surface area contributed by atoms with Crippen molar-refractivity contribution in [1.29, 1.82) is 0 Å². The summed E-state index contributed by atoms with van der Waals surface area (Å²) in [5.41, 5.74) is 0.758. The van der Waals surface area contributed by atoms with Crippen LogP contribution in [0.15, 0.2) is 47.1 Å². The van der Waals surface area contributed by atoms with E-state index in [-0.39, 0.29) is 30.1 Å². The highest BCUT2D eigenvalue weighted by molar-refractivity contribution is 8.13. The summed E-state index contributed by atoms with van der Waals surface area (Å²) in [6, 6.07) is 10.2. The van der Waals surface area contributed by atoms with Gasteiger partial charge in [0.15, 0.2) is 0 Å². The number of benzene rings is 1. The molecule has 1 aromatic heterocycles. The van der Waals surface area contributed by atoms with Gasteiger partial charge >= 0.3 is 0 Å². The summed E-state index contributed by atoms with van der Waals surface area (Å²) in [4.78, 5) is 37.6. The summed E-state index contributed by atoms with van der Waals surface area (Å²) in [6.45, 7) is 0.796.